The van der Waals surface area contributed by atoms with Crippen molar-refractivity contribution in [2.24, 2.45) is 0 Å². The van der Waals surface area contributed by atoms with E-state index in [1.807, 2.05) is 0 Å². The van der Waals surface area contributed by atoms with E-state index in [0.29, 0.717) is 21.5 Å². The van der Waals surface area contributed by atoms with Gasteiger partial charge in [-0.2, -0.15) is 0 Å². The topological polar surface area (TPSA) is 50.4 Å². The van der Waals surface area contributed by atoms with Crippen LogP contribution in [0.15, 0.2) is 48.5 Å². The summed E-state index contributed by atoms with van der Waals surface area (Å²) in [5.74, 6) is 0.0359. The number of nitrogens with one attached hydrogen (secondary N) is 2. The fraction of sp³-hybridized carbons (Fsp3) is 0.0667. The van der Waals surface area contributed by atoms with Gasteiger partial charge in [-0.05, 0) is 36.5 Å². The number of para-hydroxylation sites is 2. The Bertz CT molecular complexity index is 695. The van der Waals surface area contributed by atoms with E-state index in [4.69, 9.17) is 40.2 Å². The zero-order valence-corrected chi connectivity index (χ0v) is 13.6. The van der Waals surface area contributed by atoms with Crippen LogP contribution < -0.4 is 15.4 Å². The number of hydrogen-bond donors (Lipinski definition) is 2. The third-order valence-electron chi connectivity index (χ3n) is 2.57. The second-order valence-corrected chi connectivity index (χ2v) is 5.42. The van der Waals surface area contributed by atoms with Gasteiger partial charge in [-0.25, -0.2) is 0 Å². The number of benzene rings is 2. The maximum absolute atomic E-state index is 11.8. The number of carbonyl (C=O) groups is 1. The predicted octanol–water partition coefficient (Wildman–Crippen LogP) is 3.89. The van der Waals surface area contributed by atoms with Gasteiger partial charge in [-0.3, -0.25) is 10.1 Å². The lowest BCUT2D eigenvalue weighted by molar-refractivity contribution is -0.121. The van der Waals surface area contributed by atoms with Crippen LogP contribution in [0.4, 0.5) is 5.69 Å². The van der Waals surface area contributed by atoms with Gasteiger partial charge in [0, 0.05) is 0 Å². The average Bonchev–Trinajstić information content (AvgIpc) is 2.49. The fourth-order valence-electron chi connectivity index (χ4n) is 1.58. The van der Waals surface area contributed by atoms with Crippen molar-refractivity contribution in [2.75, 3.05) is 11.9 Å². The number of anilines is 1. The molecule has 2 N–H and O–H groups in total. The third kappa shape index (κ3) is 4.87. The Balaban J connectivity index is 1.83. The van der Waals surface area contributed by atoms with Gasteiger partial charge in [-0.15, -0.1) is 0 Å². The molecule has 2 rings (SSSR count). The summed E-state index contributed by atoms with van der Waals surface area (Å²) in [7, 11) is 0. The molecule has 0 fully saturated rings. The van der Waals surface area contributed by atoms with E-state index in [0.717, 1.165) is 0 Å². The van der Waals surface area contributed by atoms with E-state index in [-0.39, 0.29) is 11.7 Å². The molecule has 0 unspecified atom stereocenters. The highest BCUT2D eigenvalue weighted by Gasteiger charge is 2.08. The van der Waals surface area contributed by atoms with E-state index >= 15 is 0 Å². The fourth-order valence-corrected chi connectivity index (χ4v) is 2.18. The van der Waals surface area contributed by atoms with Crippen molar-refractivity contribution in [3.8, 4) is 5.75 Å². The lowest BCUT2D eigenvalue weighted by Gasteiger charge is -2.11. The van der Waals surface area contributed by atoms with Crippen molar-refractivity contribution in [1.82, 2.24) is 5.32 Å². The smallest absolute Gasteiger partial charge is 0.264 e. The molecule has 0 heterocycles. The van der Waals surface area contributed by atoms with Crippen molar-refractivity contribution in [1.29, 1.82) is 0 Å². The molecule has 0 aliphatic rings. The van der Waals surface area contributed by atoms with E-state index < -0.39 is 5.91 Å². The number of thiocarbonyl (C=S) groups is 1. The molecule has 0 aromatic heterocycles. The summed E-state index contributed by atoms with van der Waals surface area (Å²) in [6.07, 6.45) is 0. The summed E-state index contributed by atoms with van der Waals surface area (Å²) < 4.78 is 5.32. The molecule has 0 aliphatic heterocycles. The molecule has 0 radical (unpaired) electrons. The maximum Gasteiger partial charge on any atom is 0.264 e. The Morgan fingerprint density at radius 1 is 1.05 bits per heavy atom. The van der Waals surface area contributed by atoms with Crippen LogP contribution >= 0.6 is 35.4 Å². The molecular weight excluding hydrogens is 343 g/mol. The molecule has 2 aromatic rings. The minimum Gasteiger partial charge on any atom is -0.482 e. The van der Waals surface area contributed by atoms with E-state index in [2.05, 4.69) is 10.6 Å². The summed E-state index contributed by atoms with van der Waals surface area (Å²) >= 11 is 17.0. The largest absolute Gasteiger partial charge is 0.482 e. The second kappa shape index (κ2) is 7.98. The molecule has 0 saturated heterocycles. The SMILES string of the molecule is O=C(COc1ccccc1Cl)NC(=S)Nc1ccccc1Cl. The average molecular weight is 355 g/mol. The number of halogens is 2. The molecule has 0 aliphatic carbocycles. The first-order chi connectivity index (χ1) is 10.6. The minimum atomic E-state index is -0.399. The summed E-state index contributed by atoms with van der Waals surface area (Å²) in [4.78, 5) is 11.8. The van der Waals surface area contributed by atoms with E-state index in [9.17, 15) is 4.79 Å². The molecule has 2 aromatic carbocycles. The molecule has 114 valence electrons. The van der Waals surface area contributed by atoms with Crippen LogP contribution in [0.5, 0.6) is 5.75 Å². The van der Waals surface area contributed by atoms with Crippen molar-refractivity contribution in [2.45, 2.75) is 0 Å². The van der Waals surface area contributed by atoms with Crippen LogP contribution in [0.3, 0.4) is 0 Å². The van der Waals surface area contributed by atoms with Crippen LogP contribution in [0, 0.1) is 0 Å². The van der Waals surface area contributed by atoms with Crippen LogP contribution in [-0.2, 0) is 4.79 Å². The molecule has 0 saturated carbocycles. The number of rotatable bonds is 4. The highest BCUT2D eigenvalue weighted by atomic mass is 35.5. The number of ether oxygens (including phenoxy) is 1. The molecule has 0 spiro atoms. The quantitative estimate of drug-likeness (QED) is 0.818. The first kappa shape index (κ1) is 16.5. The van der Waals surface area contributed by atoms with Crippen LogP contribution in [0.25, 0.3) is 0 Å². The standard InChI is InChI=1S/C15H12Cl2N2O2S/c16-10-5-1-3-7-12(10)18-15(22)19-14(20)9-21-13-8-4-2-6-11(13)17/h1-8H,9H2,(H2,18,19,20,22). The highest BCUT2D eigenvalue weighted by molar-refractivity contribution is 7.80. The van der Waals surface area contributed by atoms with Gasteiger partial charge >= 0.3 is 0 Å². The van der Waals surface area contributed by atoms with Crippen LogP contribution in [0.1, 0.15) is 0 Å². The Hall–Kier alpha value is -1.82. The van der Waals surface area contributed by atoms with Gasteiger partial charge < -0.3 is 10.1 Å². The van der Waals surface area contributed by atoms with E-state index in [1.165, 1.54) is 0 Å². The van der Waals surface area contributed by atoms with Crippen molar-refractivity contribution >= 4 is 52.1 Å². The lowest BCUT2D eigenvalue weighted by Crippen LogP contribution is -2.37. The molecule has 4 nitrogen and oxygen atoms in total. The highest BCUT2D eigenvalue weighted by Crippen LogP contribution is 2.23. The van der Waals surface area contributed by atoms with E-state index in [1.54, 1.807) is 48.5 Å². The Labute approximate surface area is 143 Å². The Morgan fingerprint density at radius 3 is 2.36 bits per heavy atom. The summed E-state index contributed by atoms with van der Waals surface area (Å²) in [5.41, 5.74) is 0.612. The van der Waals surface area contributed by atoms with Gasteiger partial charge in [0.05, 0.1) is 15.7 Å². The summed E-state index contributed by atoms with van der Waals surface area (Å²) in [6.45, 7) is -0.200. The second-order valence-electron chi connectivity index (χ2n) is 4.20. The first-order valence-electron chi connectivity index (χ1n) is 6.29. The monoisotopic (exact) mass is 354 g/mol. The zero-order valence-electron chi connectivity index (χ0n) is 11.3. The van der Waals surface area contributed by atoms with Gasteiger partial charge in [0.25, 0.3) is 5.91 Å². The number of carbonyl (C=O) groups excluding carboxylic acids is 1. The van der Waals surface area contributed by atoms with Crippen molar-refractivity contribution < 1.29 is 9.53 Å². The molecule has 7 heteroatoms. The van der Waals surface area contributed by atoms with Gasteiger partial charge in [0.15, 0.2) is 11.7 Å². The third-order valence-corrected chi connectivity index (χ3v) is 3.42. The van der Waals surface area contributed by atoms with Gasteiger partial charge in [0.2, 0.25) is 0 Å². The zero-order chi connectivity index (χ0) is 15.9. The maximum atomic E-state index is 11.8. The molecule has 0 bridgehead atoms. The number of hydrogen-bond acceptors (Lipinski definition) is 3. The Kier molecular flexibility index (Phi) is 6.00. The number of amides is 1. The van der Waals surface area contributed by atoms with Crippen molar-refractivity contribution in [3.63, 3.8) is 0 Å². The van der Waals surface area contributed by atoms with Gasteiger partial charge in [-0.1, -0.05) is 47.5 Å². The molecular formula is C15H12Cl2N2O2S. The normalized spacial score (nSPS) is 9.91. The summed E-state index contributed by atoms with van der Waals surface area (Å²) in [6, 6.07) is 14.0. The lowest BCUT2D eigenvalue weighted by atomic mass is 10.3. The molecule has 0 atom stereocenters. The minimum absolute atomic E-state index is 0.140. The van der Waals surface area contributed by atoms with Crippen LogP contribution in [-0.4, -0.2) is 17.6 Å². The molecule has 22 heavy (non-hydrogen) atoms. The van der Waals surface area contributed by atoms with Gasteiger partial charge in [0.1, 0.15) is 5.75 Å². The van der Waals surface area contributed by atoms with Crippen LogP contribution in [0.2, 0.25) is 10.0 Å². The summed E-state index contributed by atoms with van der Waals surface area (Å²) in [5, 5.41) is 6.42. The first-order valence-corrected chi connectivity index (χ1v) is 7.45. The molecule has 1 amide bonds. The Morgan fingerprint density at radius 2 is 1.68 bits per heavy atom. The predicted molar refractivity (Wildman–Crippen MR) is 92.8 cm³/mol. The van der Waals surface area contributed by atoms with Crippen molar-refractivity contribution in [3.05, 3.63) is 58.6 Å².